The summed E-state index contributed by atoms with van der Waals surface area (Å²) >= 11 is 5.94. The maximum atomic E-state index is 13.0. The lowest BCUT2D eigenvalue weighted by Gasteiger charge is -2.31. The molecule has 8 nitrogen and oxygen atoms in total. The van der Waals surface area contributed by atoms with E-state index in [9.17, 15) is 9.59 Å². The van der Waals surface area contributed by atoms with Gasteiger partial charge in [0.05, 0.1) is 25.1 Å². The van der Waals surface area contributed by atoms with Crippen molar-refractivity contribution in [2.24, 2.45) is 5.92 Å². The van der Waals surface area contributed by atoms with Gasteiger partial charge in [0.1, 0.15) is 0 Å². The van der Waals surface area contributed by atoms with Crippen LogP contribution in [0.4, 0.5) is 5.69 Å². The Morgan fingerprint density at radius 1 is 1.24 bits per heavy atom. The van der Waals surface area contributed by atoms with Crippen LogP contribution in [0.3, 0.4) is 0 Å². The Labute approximate surface area is 196 Å². The fourth-order valence-corrected chi connectivity index (χ4v) is 4.00. The van der Waals surface area contributed by atoms with E-state index in [1.54, 1.807) is 30.3 Å². The van der Waals surface area contributed by atoms with Gasteiger partial charge in [-0.25, -0.2) is 4.79 Å². The quantitative estimate of drug-likeness (QED) is 0.537. The molecule has 1 aromatic heterocycles. The summed E-state index contributed by atoms with van der Waals surface area (Å²) in [5.74, 6) is 0.319. The third-order valence-electron chi connectivity index (χ3n) is 5.72. The number of esters is 1. The molecule has 1 atom stereocenters. The van der Waals surface area contributed by atoms with E-state index in [1.807, 2.05) is 19.1 Å². The zero-order valence-electron chi connectivity index (χ0n) is 18.5. The molecular formula is C24H25ClN4O4. The second kappa shape index (κ2) is 10.1. The number of halogens is 1. The van der Waals surface area contributed by atoms with Crippen LogP contribution in [0.25, 0.3) is 11.4 Å². The number of nitrogens with zero attached hydrogens (tertiary/aromatic N) is 3. The molecule has 1 amide bonds. The molecule has 33 heavy (non-hydrogen) atoms. The third kappa shape index (κ3) is 5.58. The first-order valence-corrected chi connectivity index (χ1v) is 11.1. The number of ether oxygens (including phenoxy) is 1. The van der Waals surface area contributed by atoms with Gasteiger partial charge in [-0.15, -0.1) is 0 Å². The van der Waals surface area contributed by atoms with Gasteiger partial charge < -0.3 is 14.6 Å². The van der Waals surface area contributed by atoms with E-state index in [2.05, 4.69) is 20.4 Å². The van der Waals surface area contributed by atoms with E-state index >= 15 is 0 Å². The predicted octanol–water partition coefficient (Wildman–Crippen LogP) is 4.34. The number of carbonyl (C=O) groups excluding carboxylic acids is 2. The van der Waals surface area contributed by atoms with Crippen LogP contribution in [0.15, 0.2) is 47.0 Å². The highest BCUT2D eigenvalue weighted by Gasteiger charge is 2.27. The van der Waals surface area contributed by atoms with Gasteiger partial charge in [0.2, 0.25) is 17.6 Å². The number of piperidine rings is 1. The molecule has 172 valence electrons. The number of aryl methyl sites for hydroxylation is 1. The zero-order chi connectivity index (χ0) is 23.4. The molecule has 1 saturated heterocycles. The number of benzene rings is 2. The van der Waals surface area contributed by atoms with Crippen molar-refractivity contribution in [3.8, 4) is 11.4 Å². The Hall–Kier alpha value is -3.23. The number of methoxy groups -OCH3 is 1. The molecule has 4 rings (SSSR count). The molecule has 1 fully saturated rings. The average Bonchev–Trinajstić information content (AvgIpc) is 3.29. The molecule has 9 heteroatoms. The van der Waals surface area contributed by atoms with Crippen molar-refractivity contribution in [3.63, 3.8) is 0 Å². The third-order valence-corrected chi connectivity index (χ3v) is 5.97. The number of aromatic nitrogens is 2. The molecule has 3 aromatic rings. The van der Waals surface area contributed by atoms with Gasteiger partial charge >= 0.3 is 5.97 Å². The highest BCUT2D eigenvalue weighted by atomic mass is 35.5. The Kier molecular flexibility index (Phi) is 7.05. The highest BCUT2D eigenvalue weighted by molar-refractivity contribution is 6.30. The molecular weight excluding hydrogens is 444 g/mol. The number of rotatable bonds is 6. The molecule has 0 aliphatic carbocycles. The van der Waals surface area contributed by atoms with Crippen molar-refractivity contribution in [2.75, 3.05) is 25.5 Å². The van der Waals surface area contributed by atoms with E-state index in [0.29, 0.717) is 41.1 Å². The minimum atomic E-state index is -0.438. The number of anilines is 1. The number of likely N-dealkylation sites (tertiary alicyclic amines) is 1. The standard InChI is InChI=1S/C24H25ClN4O4/c1-15-5-6-17(24(31)32-2)12-20(15)26-23(30)18-4-3-11-29(13-18)14-21-27-22(28-33-21)16-7-9-19(25)10-8-16/h5-10,12,18H,3-4,11,13-14H2,1-2H3,(H,26,30). The molecule has 1 unspecified atom stereocenters. The fraction of sp³-hybridized carbons (Fsp3) is 0.333. The van der Waals surface area contributed by atoms with Crippen LogP contribution in [0.2, 0.25) is 5.02 Å². The average molecular weight is 469 g/mol. The Morgan fingerprint density at radius 2 is 2.03 bits per heavy atom. The summed E-state index contributed by atoms with van der Waals surface area (Å²) < 4.78 is 10.2. The Balaban J connectivity index is 1.38. The van der Waals surface area contributed by atoms with Gasteiger partial charge in [-0.2, -0.15) is 4.98 Å². The summed E-state index contributed by atoms with van der Waals surface area (Å²) in [4.78, 5) is 31.4. The maximum absolute atomic E-state index is 13.0. The molecule has 2 heterocycles. The van der Waals surface area contributed by atoms with Gasteiger partial charge in [-0.1, -0.05) is 22.8 Å². The highest BCUT2D eigenvalue weighted by Crippen LogP contribution is 2.24. The molecule has 2 aromatic carbocycles. The predicted molar refractivity (Wildman–Crippen MR) is 124 cm³/mol. The second-order valence-corrected chi connectivity index (χ2v) is 8.54. The minimum Gasteiger partial charge on any atom is -0.465 e. The van der Waals surface area contributed by atoms with Crippen LogP contribution in [-0.2, 0) is 16.1 Å². The normalized spacial score (nSPS) is 16.4. The van der Waals surface area contributed by atoms with Crippen LogP contribution in [-0.4, -0.2) is 47.1 Å². The maximum Gasteiger partial charge on any atom is 0.337 e. The lowest BCUT2D eigenvalue weighted by Crippen LogP contribution is -2.40. The van der Waals surface area contributed by atoms with Crippen molar-refractivity contribution in [1.29, 1.82) is 0 Å². The first-order chi connectivity index (χ1) is 15.9. The molecule has 0 bridgehead atoms. The molecule has 1 N–H and O–H groups in total. The largest absolute Gasteiger partial charge is 0.465 e. The monoisotopic (exact) mass is 468 g/mol. The number of hydrogen-bond acceptors (Lipinski definition) is 7. The van der Waals surface area contributed by atoms with Crippen molar-refractivity contribution < 1.29 is 18.8 Å². The number of nitrogens with one attached hydrogen (secondary N) is 1. The number of carbonyl (C=O) groups is 2. The summed E-state index contributed by atoms with van der Waals surface area (Å²) in [5, 5.41) is 7.68. The molecule has 1 aliphatic rings. The molecule has 0 saturated carbocycles. The summed E-state index contributed by atoms with van der Waals surface area (Å²) in [6.45, 7) is 3.79. The van der Waals surface area contributed by atoms with E-state index in [4.69, 9.17) is 20.9 Å². The molecule has 0 radical (unpaired) electrons. The summed E-state index contributed by atoms with van der Waals surface area (Å²) in [7, 11) is 1.33. The van der Waals surface area contributed by atoms with E-state index in [1.165, 1.54) is 7.11 Å². The first kappa shape index (κ1) is 22.9. The van der Waals surface area contributed by atoms with Gasteiger partial charge in [-0.05, 0) is 68.3 Å². The SMILES string of the molecule is COC(=O)c1ccc(C)c(NC(=O)C2CCCN(Cc3nc(-c4ccc(Cl)cc4)no3)C2)c1. The van der Waals surface area contributed by atoms with Gasteiger partial charge in [0.15, 0.2) is 0 Å². The lowest BCUT2D eigenvalue weighted by molar-refractivity contribution is -0.121. The first-order valence-electron chi connectivity index (χ1n) is 10.7. The van der Waals surface area contributed by atoms with E-state index in [-0.39, 0.29) is 11.8 Å². The van der Waals surface area contributed by atoms with Crippen LogP contribution < -0.4 is 5.32 Å². The second-order valence-electron chi connectivity index (χ2n) is 8.10. The van der Waals surface area contributed by atoms with Crippen molar-refractivity contribution >= 4 is 29.2 Å². The summed E-state index contributed by atoms with van der Waals surface area (Å²) in [6.07, 6.45) is 1.68. The number of amides is 1. The summed E-state index contributed by atoms with van der Waals surface area (Å²) in [6, 6.07) is 12.4. The van der Waals surface area contributed by atoms with Crippen molar-refractivity contribution in [2.45, 2.75) is 26.3 Å². The van der Waals surface area contributed by atoms with Crippen molar-refractivity contribution in [3.05, 3.63) is 64.5 Å². The van der Waals surface area contributed by atoms with Crippen LogP contribution in [0, 0.1) is 12.8 Å². The Bertz CT molecular complexity index is 1150. The van der Waals surface area contributed by atoms with Crippen LogP contribution >= 0.6 is 11.6 Å². The van der Waals surface area contributed by atoms with Gasteiger partial charge in [0, 0.05) is 22.8 Å². The lowest BCUT2D eigenvalue weighted by atomic mass is 9.96. The van der Waals surface area contributed by atoms with Gasteiger partial charge in [-0.3, -0.25) is 9.69 Å². The fourth-order valence-electron chi connectivity index (χ4n) is 3.88. The van der Waals surface area contributed by atoms with E-state index in [0.717, 1.165) is 30.5 Å². The topological polar surface area (TPSA) is 97.6 Å². The van der Waals surface area contributed by atoms with Crippen LogP contribution in [0.5, 0.6) is 0 Å². The molecule has 1 aliphatic heterocycles. The van der Waals surface area contributed by atoms with E-state index < -0.39 is 5.97 Å². The minimum absolute atomic E-state index is 0.0720. The van der Waals surface area contributed by atoms with Gasteiger partial charge in [0.25, 0.3) is 0 Å². The Morgan fingerprint density at radius 3 is 2.79 bits per heavy atom. The number of hydrogen-bond donors (Lipinski definition) is 1. The van der Waals surface area contributed by atoms with Crippen molar-refractivity contribution in [1.82, 2.24) is 15.0 Å². The zero-order valence-corrected chi connectivity index (χ0v) is 19.3. The smallest absolute Gasteiger partial charge is 0.337 e. The summed E-state index contributed by atoms with van der Waals surface area (Å²) in [5.41, 5.74) is 2.72. The molecule has 0 spiro atoms. The van der Waals surface area contributed by atoms with Crippen LogP contribution in [0.1, 0.15) is 34.7 Å².